The van der Waals surface area contributed by atoms with E-state index in [4.69, 9.17) is 0 Å². The van der Waals surface area contributed by atoms with Crippen molar-refractivity contribution in [2.24, 2.45) is 5.92 Å². The first kappa shape index (κ1) is 15.9. The number of aromatic nitrogens is 2. The van der Waals surface area contributed by atoms with Crippen molar-refractivity contribution in [1.82, 2.24) is 15.5 Å². The predicted molar refractivity (Wildman–Crippen MR) is 97.3 cm³/mol. The number of nitrogens with zero attached hydrogens (tertiary/aromatic N) is 2. The molecule has 5 nitrogen and oxygen atoms in total. The number of benzene rings is 1. The normalized spacial score (nSPS) is 18.2. The molecule has 4 rings (SSSR count). The molecular weight excluding hydrogens is 340 g/mol. The molecule has 2 saturated carbocycles. The van der Waals surface area contributed by atoms with Crippen molar-refractivity contribution in [2.45, 2.75) is 42.1 Å². The van der Waals surface area contributed by atoms with Crippen molar-refractivity contribution in [3.63, 3.8) is 0 Å². The van der Waals surface area contributed by atoms with Crippen molar-refractivity contribution < 1.29 is 4.79 Å². The van der Waals surface area contributed by atoms with Crippen molar-refractivity contribution >= 4 is 34.1 Å². The van der Waals surface area contributed by atoms with E-state index in [0.717, 1.165) is 9.47 Å². The number of nitrogens with one attached hydrogen (secondary N) is 2. The smallest absolute Gasteiger partial charge is 0.230 e. The molecule has 2 aliphatic carbocycles. The van der Waals surface area contributed by atoms with Gasteiger partial charge in [0.2, 0.25) is 11.0 Å². The molecule has 2 aliphatic rings. The van der Waals surface area contributed by atoms with E-state index in [0.29, 0.717) is 17.7 Å². The highest BCUT2D eigenvalue weighted by Gasteiger charge is 2.33. The molecule has 1 aromatic heterocycles. The van der Waals surface area contributed by atoms with Crippen LogP contribution in [-0.2, 0) is 4.79 Å². The molecule has 0 bridgehead atoms. The minimum atomic E-state index is 0.0626. The molecule has 0 saturated heterocycles. The lowest BCUT2D eigenvalue weighted by molar-refractivity contribution is -0.119. The van der Waals surface area contributed by atoms with E-state index in [1.54, 1.807) is 0 Å². The fourth-order valence-electron chi connectivity index (χ4n) is 2.63. The van der Waals surface area contributed by atoms with Gasteiger partial charge in [0.25, 0.3) is 0 Å². The van der Waals surface area contributed by atoms with Gasteiger partial charge >= 0.3 is 0 Å². The number of carbonyl (C=O) groups excluding carboxylic acids is 1. The molecule has 1 atom stereocenters. The maximum absolute atomic E-state index is 12.3. The molecule has 126 valence electrons. The molecule has 1 amide bonds. The average Bonchev–Trinajstić information content (AvgIpc) is 3.52. The van der Waals surface area contributed by atoms with Gasteiger partial charge in [0, 0.05) is 6.04 Å². The van der Waals surface area contributed by atoms with Gasteiger partial charge in [0.05, 0.1) is 11.8 Å². The third-order valence-corrected chi connectivity index (χ3v) is 6.19. The molecule has 0 spiro atoms. The highest BCUT2D eigenvalue weighted by molar-refractivity contribution is 8.01. The molecule has 2 aromatic rings. The topological polar surface area (TPSA) is 66.9 Å². The Hall–Kier alpha value is -1.60. The lowest BCUT2D eigenvalue weighted by Crippen LogP contribution is -2.31. The number of anilines is 1. The molecule has 7 heteroatoms. The SMILES string of the molecule is O=C(CSc1nnc(NC2CC2)s1)NC(c1ccccc1)C1CC1. The van der Waals surface area contributed by atoms with E-state index in [-0.39, 0.29) is 11.9 Å². The van der Waals surface area contributed by atoms with Gasteiger partial charge in [0.15, 0.2) is 4.34 Å². The van der Waals surface area contributed by atoms with E-state index in [2.05, 4.69) is 33.0 Å². The first-order valence-electron chi connectivity index (χ1n) is 8.35. The van der Waals surface area contributed by atoms with Gasteiger partial charge in [-0.1, -0.05) is 53.4 Å². The summed E-state index contributed by atoms with van der Waals surface area (Å²) in [5.41, 5.74) is 1.20. The van der Waals surface area contributed by atoms with Crippen molar-refractivity contribution in [1.29, 1.82) is 0 Å². The lowest BCUT2D eigenvalue weighted by Gasteiger charge is -2.18. The Morgan fingerprint density at radius 2 is 2.00 bits per heavy atom. The molecule has 1 heterocycles. The van der Waals surface area contributed by atoms with Gasteiger partial charge in [-0.15, -0.1) is 10.2 Å². The van der Waals surface area contributed by atoms with Crippen molar-refractivity contribution in [3.8, 4) is 0 Å². The molecule has 0 aliphatic heterocycles. The summed E-state index contributed by atoms with van der Waals surface area (Å²) in [6, 6.07) is 11.0. The minimum Gasteiger partial charge on any atom is -0.357 e. The summed E-state index contributed by atoms with van der Waals surface area (Å²) in [5, 5.41) is 15.7. The highest BCUT2D eigenvalue weighted by atomic mass is 32.2. The zero-order chi connectivity index (χ0) is 16.4. The molecule has 2 fully saturated rings. The van der Waals surface area contributed by atoms with Crippen LogP contribution in [-0.4, -0.2) is 27.9 Å². The second-order valence-corrected chi connectivity index (χ2v) is 8.57. The first-order valence-corrected chi connectivity index (χ1v) is 10.2. The van der Waals surface area contributed by atoms with Crippen molar-refractivity contribution in [3.05, 3.63) is 35.9 Å². The van der Waals surface area contributed by atoms with Gasteiger partial charge in [-0.3, -0.25) is 4.79 Å². The molecule has 1 unspecified atom stereocenters. The third kappa shape index (κ3) is 4.27. The Morgan fingerprint density at radius 3 is 2.71 bits per heavy atom. The summed E-state index contributed by atoms with van der Waals surface area (Å²) in [5.74, 6) is 1.03. The van der Waals surface area contributed by atoms with Gasteiger partial charge in [0.1, 0.15) is 0 Å². The maximum atomic E-state index is 12.3. The van der Waals surface area contributed by atoms with Crippen LogP contribution in [0.15, 0.2) is 34.7 Å². The zero-order valence-electron chi connectivity index (χ0n) is 13.3. The monoisotopic (exact) mass is 360 g/mol. The third-order valence-electron chi connectivity index (χ3n) is 4.21. The minimum absolute atomic E-state index is 0.0626. The van der Waals surface area contributed by atoms with Crippen LogP contribution in [0.25, 0.3) is 0 Å². The lowest BCUT2D eigenvalue weighted by atomic mass is 10.0. The number of thioether (sulfide) groups is 1. The molecule has 24 heavy (non-hydrogen) atoms. The van der Waals surface area contributed by atoms with E-state index in [9.17, 15) is 4.79 Å². The van der Waals surface area contributed by atoms with E-state index in [1.807, 2.05) is 18.2 Å². The molecular formula is C17H20N4OS2. The highest BCUT2D eigenvalue weighted by Crippen LogP contribution is 2.41. The second kappa shape index (κ2) is 7.11. The Balaban J connectivity index is 1.29. The number of hydrogen-bond donors (Lipinski definition) is 2. The Morgan fingerprint density at radius 1 is 1.21 bits per heavy atom. The standard InChI is InChI=1S/C17H20N4OS2/c22-14(10-23-17-21-20-16(24-17)18-13-8-9-13)19-15(12-6-7-12)11-4-2-1-3-5-11/h1-5,12-13,15H,6-10H2,(H,18,20)(H,19,22). The van der Waals surface area contributed by atoms with Gasteiger partial charge in [-0.05, 0) is 37.2 Å². The fourth-order valence-corrected chi connectivity index (χ4v) is 4.27. The zero-order valence-corrected chi connectivity index (χ0v) is 14.9. The number of carbonyl (C=O) groups is 1. The molecule has 1 aromatic carbocycles. The number of hydrogen-bond acceptors (Lipinski definition) is 6. The first-order chi connectivity index (χ1) is 11.8. The summed E-state index contributed by atoms with van der Waals surface area (Å²) in [4.78, 5) is 12.3. The summed E-state index contributed by atoms with van der Waals surface area (Å²) < 4.78 is 0.844. The van der Waals surface area contributed by atoms with E-state index < -0.39 is 0 Å². The molecule has 0 radical (unpaired) electrons. The van der Waals surface area contributed by atoms with E-state index >= 15 is 0 Å². The van der Waals surface area contributed by atoms with Crippen LogP contribution in [0.3, 0.4) is 0 Å². The van der Waals surface area contributed by atoms with Crippen LogP contribution in [0, 0.1) is 5.92 Å². The summed E-state index contributed by atoms with van der Waals surface area (Å²) in [6.45, 7) is 0. The van der Waals surface area contributed by atoms with Crippen LogP contribution < -0.4 is 10.6 Å². The van der Waals surface area contributed by atoms with Gasteiger partial charge in [-0.2, -0.15) is 0 Å². The Bertz CT molecular complexity index is 698. The number of amides is 1. The van der Waals surface area contributed by atoms with Crippen LogP contribution in [0.4, 0.5) is 5.13 Å². The van der Waals surface area contributed by atoms with Crippen LogP contribution in [0.2, 0.25) is 0 Å². The van der Waals surface area contributed by atoms with Crippen LogP contribution in [0.1, 0.15) is 37.3 Å². The van der Waals surface area contributed by atoms with Crippen LogP contribution >= 0.6 is 23.1 Å². The Labute approximate surface area is 149 Å². The number of rotatable bonds is 8. The average molecular weight is 361 g/mol. The van der Waals surface area contributed by atoms with Gasteiger partial charge in [-0.25, -0.2) is 0 Å². The summed E-state index contributed by atoms with van der Waals surface area (Å²) in [6.07, 6.45) is 4.82. The van der Waals surface area contributed by atoms with Crippen molar-refractivity contribution in [2.75, 3.05) is 11.1 Å². The quantitative estimate of drug-likeness (QED) is 0.706. The fraction of sp³-hybridized carbons (Fsp3) is 0.471. The molecule has 2 N–H and O–H groups in total. The predicted octanol–water partition coefficient (Wildman–Crippen LogP) is 3.47. The largest absolute Gasteiger partial charge is 0.357 e. The maximum Gasteiger partial charge on any atom is 0.230 e. The Kier molecular flexibility index (Phi) is 4.71. The van der Waals surface area contributed by atoms with Gasteiger partial charge < -0.3 is 10.6 Å². The second-order valence-electron chi connectivity index (χ2n) is 6.37. The summed E-state index contributed by atoms with van der Waals surface area (Å²) >= 11 is 2.99. The van der Waals surface area contributed by atoms with Crippen LogP contribution in [0.5, 0.6) is 0 Å². The summed E-state index contributed by atoms with van der Waals surface area (Å²) in [7, 11) is 0. The van der Waals surface area contributed by atoms with E-state index in [1.165, 1.54) is 54.3 Å².